The summed E-state index contributed by atoms with van der Waals surface area (Å²) in [5, 5.41) is 2.84. The van der Waals surface area contributed by atoms with E-state index in [4.69, 9.17) is 4.42 Å². The van der Waals surface area contributed by atoms with E-state index >= 15 is 0 Å². The summed E-state index contributed by atoms with van der Waals surface area (Å²) in [5.41, 5.74) is -0.677. The van der Waals surface area contributed by atoms with Crippen LogP contribution in [0.25, 0.3) is 0 Å². The summed E-state index contributed by atoms with van der Waals surface area (Å²) in [6.45, 7) is 3.54. The maximum absolute atomic E-state index is 13.0. The molecule has 2 nitrogen and oxygen atoms in total. The molecule has 1 aromatic carbocycles. The van der Waals surface area contributed by atoms with Crippen LogP contribution in [0.1, 0.15) is 30.0 Å². The van der Waals surface area contributed by atoms with Gasteiger partial charge in [-0.2, -0.15) is 13.2 Å². The van der Waals surface area contributed by atoms with Crippen LogP contribution in [-0.4, -0.2) is 0 Å². The molecule has 1 N–H and O–H groups in total. The van der Waals surface area contributed by atoms with E-state index in [2.05, 4.69) is 21.2 Å². The molecule has 0 bridgehead atoms. The van der Waals surface area contributed by atoms with Gasteiger partial charge in [-0.15, -0.1) is 0 Å². The Hall–Kier alpha value is -1.43. The second kappa shape index (κ2) is 5.52. The Balaban J connectivity index is 2.30. The van der Waals surface area contributed by atoms with Gasteiger partial charge in [-0.1, -0.05) is 15.9 Å². The number of halogens is 4. The molecule has 2 rings (SSSR count). The average molecular weight is 348 g/mol. The van der Waals surface area contributed by atoms with Gasteiger partial charge in [0.15, 0.2) is 0 Å². The van der Waals surface area contributed by atoms with E-state index in [9.17, 15) is 13.2 Å². The van der Waals surface area contributed by atoms with Gasteiger partial charge in [0.25, 0.3) is 0 Å². The van der Waals surface area contributed by atoms with E-state index in [0.29, 0.717) is 10.2 Å². The van der Waals surface area contributed by atoms with Gasteiger partial charge in [-0.3, -0.25) is 0 Å². The van der Waals surface area contributed by atoms with Gasteiger partial charge in [0.05, 0.1) is 11.6 Å². The average Bonchev–Trinajstić information content (AvgIpc) is 2.74. The first-order valence-corrected chi connectivity index (χ1v) is 6.76. The van der Waals surface area contributed by atoms with Crippen LogP contribution in [0, 0.1) is 6.92 Å². The molecular weight excluding hydrogens is 335 g/mol. The third-order valence-electron chi connectivity index (χ3n) is 2.85. The number of alkyl halides is 3. The molecule has 0 spiro atoms. The first-order valence-electron chi connectivity index (χ1n) is 5.97. The van der Waals surface area contributed by atoms with E-state index in [-0.39, 0.29) is 11.7 Å². The number of hydrogen-bond acceptors (Lipinski definition) is 2. The van der Waals surface area contributed by atoms with Crippen molar-refractivity contribution >= 4 is 21.6 Å². The van der Waals surface area contributed by atoms with Gasteiger partial charge >= 0.3 is 6.18 Å². The molecule has 1 aromatic heterocycles. The molecule has 0 saturated heterocycles. The Kier molecular flexibility index (Phi) is 4.13. The van der Waals surface area contributed by atoms with Gasteiger partial charge in [0.2, 0.25) is 0 Å². The quantitative estimate of drug-likeness (QED) is 0.788. The Morgan fingerprint density at radius 2 is 1.90 bits per heavy atom. The van der Waals surface area contributed by atoms with Crippen molar-refractivity contribution in [1.82, 2.24) is 0 Å². The van der Waals surface area contributed by atoms with Crippen LogP contribution in [0.3, 0.4) is 0 Å². The van der Waals surface area contributed by atoms with Gasteiger partial charge in [-0.05, 0) is 44.2 Å². The summed E-state index contributed by atoms with van der Waals surface area (Å²) in [6.07, 6.45) is -4.40. The number of nitrogens with one attached hydrogen (secondary N) is 1. The lowest BCUT2D eigenvalue weighted by Gasteiger charge is -2.18. The van der Waals surface area contributed by atoms with Crippen LogP contribution >= 0.6 is 15.9 Å². The molecule has 6 heteroatoms. The molecule has 1 atom stereocenters. The number of benzene rings is 1. The SMILES string of the molecule is Cc1ccc(C(C)Nc2cc(Br)ccc2C(F)(F)F)o1. The van der Waals surface area contributed by atoms with Crippen LogP contribution in [0.2, 0.25) is 0 Å². The molecule has 0 fully saturated rings. The fraction of sp³-hybridized carbons (Fsp3) is 0.286. The fourth-order valence-corrected chi connectivity index (χ4v) is 2.23. The first-order chi connectivity index (χ1) is 9.27. The molecule has 0 aliphatic carbocycles. The van der Waals surface area contributed by atoms with Crippen molar-refractivity contribution in [2.24, 2.45) is 0 Å². The number of hydrogen-bond donors (Lipinski definition) is 1. The molecule has 0 amide bonds. The highest BCUT2D eigenvalue weighted by Crippen LogP contribution is 2.37. The van der Waals surface area contributed by atoms with Gasteiger partial charge in [-0.25, -0.2) is 0 Å². The smallest absolute Gasteiger partial charge is 0.418 e. The fourth-order valence-electron chi connectivity index (χ4n) is 1.87. The predicted molar refractivity (Wildman–Crippen MR) is 74.6 cm³/mol. The summed E-state index contributed by atoms with van der Waals surface area (Å²) in [6, 6.07) is 6.99. The number of furan rings is 1. The molecule has 0 saturated carbocycles. The van der Waals surface area contributed by atoms with Crippen molar-refractivity contribution in [3.05, 3.63) is 51.9 Å². The molecular formula is C14H13BrF3NO. The number of aryl methyl sites for hydroxylation is 1. The molecule has 20 heavy (non-hydrogen) atoms. The number of rotatable bonds is 3. The maximum atomic E-state index is 13.0. The summed E-state index contributed by atoms with van der Waals surface area (Å²) in [7, 11) is 0. The van der Waals surface area contributed by atoms with Gasteiger partial charge in [0.1, 0.15) is 11.5 Å². The predicted octanol–water partition coefficient (Wildman–Crippen LogP) is 5.54. The Labute approximate surface area is 123 Å². The first kappa shape index (κ1) is 15.0. The molecule has 1 heterocycles. The van der Waals surface area contributed by atoms with Crippen LogP contribution < -0.4 is 5.32 Å². The van der Waals surface area contributed by atoms with E-state index < -0.39 is 11.7 Å². The summed E-state index contributed by atoms with van der Waals surface area (Å²) < 4.78 is 44.9. The van der Waals surface area contributed by atoms with E-state index in [1.165, 1.54) is 12.1 Å². The lowest BCUT2D eigenvalue weighted by molar-refractivity contribution is -0.137. The zero-order valence-corrected chi connectivity index (χ0v) is 12.5. The Bertz CT molecular complexity index is 607. The zero-order chi connectivity index (χ0) is 14.9. The zero-order valence-electron chi connectivity index (χ0n) is 10.9. The minimum Gasteiger partial charge on any atom is -0.464 e. The van der Waals surface area contributed by atoms with E-state index in [1.807, 2.05) is 0 Å². The molecule has 2 aromatic rings. The van der Waals surface area contributed by atoms with Gasteiger partial charge < -0.3 is 9.73 Å². The molecule has 1 unspecified atom stereocenters. The van der Waals surface area contributed by atoms with Crippen LogP contribution in [0.15, 0.2) is 39.2 Å². The Morgan fingerprint density at radius 3 is 2.45 bits per heavy atom. The topological polar surface area (TPSA) is 25.2 Å². The molecule has 108 valence electrons. The third kappa shape index (κ3) is 3.36. The minimum atomic E-state index is -4.40. The summed E-state index contributed by atoms with van der Waals surface area (Å²) >= 11 is 3.18. The van der Waals surface area contributed by atoms with Crippen molar-refractivity contribution in [1.29, 1.82) is 0 Å². The van der Waals surface area contributed by atoms with E-state index in [1.54, 1.807) is 26.0 Å². The highest BCUT2D eigenvalue weighted by atomic mass is 79.9. The lowest BCUT2D eigenvalue weighted by Crippen LogP contribution is -2.13. The molecule has 0 aliphatic heterocycles. The van der Waals surface area contributed by atoms with Crippen molar-refractivity contribution in [3.63, 3.8) is 0 Å². The van der Waals surface area contributed by atoms with Crippen molar-refractivity contribution in [3.8, 4) is 0 Å². The summed E-state index contributed by atoms with van der Waals surface area (Å²) in [4.78, 5) is 0. The highest BCUT2D eigenvalue weighted by molar-refractivity contribution is 9.10. The van der Waals surface area contributed by atoms with Crippen molar-refractivity contribution in [2.45, 2.75) is 26.1 Å². The summed E-state index contributed by atoms with van der Waals surface area (Å²) in [5.74, 6) is 1.31. The second-order valence-electron chi connectivity index (χ2n) is 4.50. The monoisotopic (exact) mass is 347 g/mol. The lowest BCUT2D eigenvalue weighted by atomic mass is 10.1. The standard InChI is InChI=1S/C14H13BrF3NO/c1-8-3-6-13(20-8)9(2)19-12-7-10(15)4-5-11(12)14(16,17)18/h3-7,9,19H,1-2H3. The van der Waals surface area contributed by atoms with Crippen molar-refractivity contribution < 1.29 is 17.6 Å². The minimum absolute atomic E-state index is 0.0217. The van der Waals surface area contributed by atoms with Crippen molar-refractivity contribution in [2.75, 3.05) is 5.32 Å². The largest absolute Gasteiger partial charge is 0.464 e. The maximum Gasteiger partial charge on any atom is 0.418 e. The van der Waals surface area contributed by atoms with Gasteiger partial charge in [0, 0.05) is 10.2 Å². The highest BCUT2D eigenvalue weighted by Gasteiger charge is 2.34. The molecule has 0 radical (unpaired) electrons. The molecule has 0 aliphatic rings. The normalized spacial score (nSPS) is 13.3. The van der Waals surface area contributed by atoms with Crippen LogP contribution in [0.5, 0.6) is 0 Å². The van der Waals surface area contributed by atoms with E-state index in [0.717, 1.165) is 11.8 Å². The second-order valence-corrected chi connectivity index (χ2v) is 5.42. The van der Waals surface area contributed by atoms with Crippen LogP contribution in [-0.2, 0) is 6.18 Å². The number of anilines is 1. The third-order valence-corrected chi connectivity index (χ3v) is 3.34. The Morgan fingerprint density at radius 1 is 1.20 bits per heavy atom. The van der Waals surface area contributed by atoms with Crippen LogP contribution in [0.4, 0.5) is 18.9 Å².